The summed E-state index contributed by atoms with van der Waals surface area (Å²) in [6, 6.07) is 4.89. The fraction of sp³-hybridized carbons (Fsp3) is 0.562. The third-order valence-electron chi connectivity index (χ3n) is 4.00. The largest absolute Gasteiger partial charge is 0.370 e. The van der Waals surface area contributed by atoms with Gasteiger partial charge in [-0.2, -0.15) is 0 Å². The molecule has 21 heavy (non-hydrogen) atoms. The van der Waals surface area contributed by atoms with Crippen molar-refractivity contribution in [2.75, 3.05) is 23.8 Å². The molecule has 1 fully saturated rings. The highest BCUT2D eigenvalue weighted by Crippen LogP contribution is 2.23. The average Bonchev–Trinajstić information content (AvgIpc) is 2.47. The van der Waals surface area contributed by atoms with E-state index in [1.54, 1.807) is 12.1 Å². The Labute approximate surface area is 125 Å². The molecular weight excluding hydrogens is 269 g/mol. The minimum Gasteiger partial charge on any atom is -0.370 e. The van der Waals surface area contributed by atoms with Crippen molar-refractivity contribution in [3.8, 4) is 0 Å². The average molecular weight is 293 g/mol. The van der Waals surface area contributed by atoms with Crippen LogP contribution in [-0.4, -0.2) is 31.6 Å². The monoisotopic (exact) mass is 293 g/mol. The van der Waals surface area contributed by atoms with Crippen LogP contribution in [0.5, 0.6) is 0 Å². The fourth-order valence-corrected chi connectivity index (χ4v) is 2.45. The Bertz CT molecular complexity index is 498. The van der Waals surface area contributed by atoms with Crippen LogP contribution in [0.1, 0.15) is 33.1 Å². The topological polar surface area (TPSA) is 44.4 Å². The zero-order valence-electron chi connectivity index (χ0n) is 12.9. The van der Waals surface area contributed by atoms with Gasteiger partial charge in [0.05, 0.1) is 11.7 Å². The molecule has 2 rings (SSSR count). The lowest BCUT2D eigenvalue weighted by atomic mass is 10.0. The maximum atomic E-state index is 14.1. The highest BCUT2D eigenvalue weighted by Gasteiger charge is 2.21. The minimum absolute atomic E-state index is 0.0842. The second-order valence-electron chi connectivity index (χ2n) is 5.86. The predicted octanol–water partition coefficient (Wildman–Crippen LogP) is 2.75. The zero-order valence-corrected chi connectivity index (χ0v) is 12.9. The number of piperidine rings is 1. The maximum absolute atomic E-state index is 14.1. The summed E-state index contributed by atoms with van der Waals surface area (Å²) in [6.45, 7) is 4.87. The van der Waals surface area contributed by atoms with Crippen LogP contribution >= 0.6 is 0 Å². The molecule has 0 spiro atoms. The lowest BCUT2D eigenvalue weighted by Gasteiger charge is -2.25. The van der Waals surface area contributed by atoms with Crippen LogP contribution in [0.2, 0.25) is 0 Å². The van der Waals surface area contributed by atoms with Gasteiger partial charge in [-0.25, -0.2) is 4.39 Å². The SMILES string of the molecule is CC(C)N(C)c1ccc(NC(=O)[C@H]2CCCCN2)cc1F. The first-order valence-corrected chi connectivity index (χ1v) is 7.55. The lowest BCUT2D eigenvalue weighted by molar-refractivity contribution is -0.118. The Balaban J connectivity index is 2.04. The summed E-state index contributed by atoms with van der Waals surface area (Å²) < 4.78 is 14.1. The second kappa shape index (κ2) is 6.89. The number of amides is 1. The number of halogens is 1. The van der Waals surface area contributed by atoms with Gasteiger partial charge < -0.3 is 15.5 Å². The van der Waals surface area contributed by atoms with Gasteiger partial charge in [0.15, 0.2) is 0 Å². The minimum atomic E-state index is -0.319. The number of nitrogens with zero attached hydrogens (tertiary/aromatic N) is 1. The van der Waals surface area contributed by atoms with Gasteiger partial charge in [0.25, 0.3) is 0 Å². The highest BCUT2D eigenvalue weighted by atomic mass is 19.1. The first kappa shape index (κ1) is 15.8. The summed E-state index contributed by atoms with van der Waals surface area (Å²) in [5.74, 6) is -0.403. The molecule has 5 heteroatoms. The zero-order chi connectivity index (χ0) is 15.4. The van der Waals surface area contributed by atoms with E-state index >= 15 is 0 Å². The van der Waals surface area contributed by atoms with E-state index in [9.17, 15) is 9.18 Å². The summed E-state index contributed by atoms with van der Waals surface area (Å²) >= 11 is 0. The number of anilines is 2. The van der Waals surface area contributed by atoms with Crippen molar-refractivity contribution >= 4 is 17.3 Å². The van der Waals surface area contributed by atoms with Crippen LogP contribution in [0, 0.1) is 5.82 Å². The van der Waals surface area contributed by atoms with Gasteiger partial charge in [0.1, 0.15) is 5.82 Å². The first-order chi connectivity index (χ1) is 9.99. The van der Waals surface area contributed by atoms with Gasteiger partial charge in [0.2, 0.25) is 5.91 Å². The molecule has 0 saturated carbocycles. The third-order valence-corrected chi connectivity index (χ3v) is 4.00. The van der Waals surface area contributed by atoms with E-state index < -0.39 is 0 Å². The molecule has 1 aromatic carbocycles. The first-order valence-electron chi connectivity index (χ1n) is 7.55. The maximum Gasteiger partial charge on any atom is 0.241 e. The Hall–Kier alpha value is -1.62. The van der Waals surface area contributed by atoms with Crippen molar-refractivity contribution < 1.29 is 9.18 Å². The van der Waals surface area contributed by atoms with Crippen molar-refractivity contribution in [2.45, 2.75) is 45.2 Å². The molecule has 4 nitrogen and oxygen atoms in total. The summed E-state index contributed by atoms with van der Waals surface area (Å²) in [5, 5.41) is 5.97. The molecule has 116 valence electrons. The van der Waals surface area contributed by atoms with Crippen LogP contribution in [0.15, 0.2) is 18.2 Å². The van der Waals surface area contributed by atoms with Crippen molar-refractivity contribution in [3.63, 3.8) is 0 Å². The molecule has 0 radical (unpaired) electrons. The Morgan fingerprint density at radius 2 is 2.19 bits per heavy atom. The molecule has 1 saturated heterocycles. The quantitative estimate of drug-likeness (QED) is 0.897. The molecule has 1 atom stereocenters. The fourth-order valence-electron chi connectivity index (χ4n) is 2.45. The van der Waals surface area contributed by atoms with Gasteiger partial charge >= 0.3 is 0 Å². The molecular formula is C16H24FN3O. The Kier molecular flexibility index (Phi) is 5.17. The highest BCUT2D eigenvalue weighted by molar-refractivity contribution is 5.95. The van der Waals surface area contributed by atoms with E-state index in [1.807, 2.05) is 25.8 Å². The molecule has 1 aliphatic heterocycles. The molecule has 0 unspecified atom stereocenters. The van der Waals surface area contributed by atoms with Crippen molar-refractivity contribution in [2.24, 2.45) is 0 Å². The molecule has 0 aliphatic carbocycles. The van der Waals surface area contributed by atoms with E-state index in [0.29, 0.717) is 11.4 Å². The van der Waals surface area contributed by atoms with Crippen molar-refractivity contribution in [1.82, 2.24) is 5.32 Å². The molecule has 1 aromatic rings. The number of hydrogen-bond donors (Lipinski definition) is 2. The van der Waals surface area contributed by atoms with Gasteiger partial charge in [-0.15, -0.1) is 0 Å². The summed E-state index contributed by atoms with van der Waals surface area (Å²) in [6.07, 6.45) is 2.99. The van der Waals surface area contributed by atoms with Crippen molar-refractivity contribution in [3.05, 3.63) is 24.0 Å². The van der Waals surface area contributed by atoms with Crippen molar-refractivity contribution in [1.29, 1.82) is 0 Å². The Morgan fingerprint density at radius 1 is 1.43 bits per heavy atom. The smallest absolute Gasteiger partial charge is 0.241 e. The number of nitrogens with one attached hydrogen (secondary N) is 2. The van der Waals surface area contributed by atoms with Crippen LogP contribution in [0.4, 0.5) is 15.8 Å². The van der Waals surface area contributed by atoms with Gasteiger partial charge in [-0.3, -0.25) is 4.79 Å². The van der Waals surface area contributed by atoms with Crippen LogP contribution in [-0.2, 0) is 4.79 Å². The molecule has 2 N–H and O–H groups in total. The van der Waals surface area contributed by atoms with E-state index in [2.05, 4.69) is 10.6 Å². The lowest BCUT2D eigenvalue weighted by Crippen LogP contribution is -2.43. The van der Waals surface area contributed by atoms with E-state index in [0.717, 1.165) is 25.8 Å². The van der Waals surface area contributed by atoms with Gasteiger partial charge in [0, 0.05) is 18.8 Å². The number of carbonyl (C=O) groups excluding carboxylic acids is 1. The van der Waals surface area contributed by atoms with E-state index in [4.69, 9.17) is 0 Å². The number of benzene rings is 1. The van der Waals surface area contributed by atoms with Crippen LogP contribution in [0.3, 0.4) is 0 Å². The van der Waals surface area contributed by atoms with E-state index in [-0.39, 0.29) is 23.8 Å². The summed E-state index contributed by atoms with van der Waals surface area (Å²) in [7, 11) is 1.85. The number of carbonyl (C=O) groups is 1. The van der Waals surface area contributed by atoms with E-state index in [1.165, 1.54) is 6.07 Å². The standard InChI is InChI=1S/C16H24FN3O/c1-11(2)20(3)15-8-7-12(10-13(15)17)19-16(21)14-6-4-5-9-18-14/h7-8,10-11,14,18H,4-6,9H2,1-3H3,(H,19,21)/t14-/m1/s1. The van der Waals surface area contributed by atoms with Crippen LogP contribution in [0.25, 0.3) is 0 Å². The number of hydrogen-bond acceptors (Lipinski definition) is 3. The Morgan fingerprint density at radius 3 is 2.76 bits per heavy atom. The molecule has 1 heterocycles. The molecule has 0 bridgehead atoms. The third kappa shape index (κ3) is 3.94. The van der Waals surface area contributed by atoms with Gasteiger partial charge in [-0.1, -0.05) is 6.42 Å². The molecule has 1 amide bonds. The normalized spacial score (nSPS) is 18.6. The number of rotatable bonds is 4. The summed E-state index contributed by atoms with van der Waals surface area (Å²) in [4.78, 5) is 14.0. The predicted molar refractivity (Wildman–Crippen MR) is 84.2 cm³/mol. The van der Waals surface area contributed by atoms with Crippen LogP contribution < -0.4 is 15.5 Å². The molecule has 0 aromatic heterocycles. The molecule has 1 aliphatic rings. The summed E-state index contributed by atoms with van der Waals surface area (Å²) in [5.41, 5.74) is 1.05. The van der Waals surface area contributed by atoms with Gasteiger partial charge in [-0.05, 0) is 51.4 Å². The second-order valence-corrected chi connectivity index (χ2v) is 5.86.